The fraction of sp³-hybridized carbons (Fsp3) is 0.538. The van der Waals surface area contributed by atoms with Gasteiger partial charge in [-0.2, -0.15) is 0 Å². The van der Waals surface area contributed by atoms with Gasteiger partial charge < -0.3 is 5.32 Å². The highest BCUT2D eigenvalue weighted by atomic mass is 79.9. The van der Waals surface area contributed by atoms with E-state index in [1.54, 1.807) is 0 Å². The van der Waals surface area contributed by atoms with Gasteiger partial charge in [-0.05, 0) is 56.0 Å². The normalized spacial score (nSPS) is 18.6. The molecule has 1 N–H and O–H groups in total. The molecule has 0 aliphatic heterocycles. The third-order valence-corrected chi connectivity index (χ3v) is 4.00. The van der Waals surface area contributed by atoms with E-state index in [4.69, 9.17) is 0 Å². The summed E-state index contributed by atoms with van der Waals surface area (Å²) in [5, 5.41) is 3.47. The van der Waals surface area contributed by atoms with Crippen LogP contribution in [0.4, 0.5) is 0 Å². The Labute approximate surface area is 100 Å². The second-order valence-electron chi connectivity index (χ2n) is 4.46. The molecule has 0 spiro atoms. The van der Waals surface area contributed by atoms with Crippen molar-refractivity contribution < 1.29 is 0 Å². The smallest absolute Gasteiger partial charge is 0.0349 e. The van der Waals surface area contributed by atoms with E-state index in [9.17, 15) is 0 Å². The van der Waals surface area contributed by atoms with Gasteiger partial charge >= 0.3 is 0 Å². The number of nitrogens with one attached hydrogen (secondary N) is 1. The van der Waals surface area contributed by atoms with Crippen molar-refractivity contribution in [1.29, 1.82) is 0 Å². The van der Waals surface area contributed by atoms with E-state index < -0.39 is 0 Å². The summed E-state index contributed by atoms with van der Waals surface area (Å²) in [4.78, 5) is 0. The molecule has 0 radical (unpaired) electrons. The van der Waals surface area contributed by atoms with Crippen LogP contribution in [-0.2, 0) is 0 Å². The van der Waals surface area contributed by atoms with Crippen molar-refractivity contribution in [2.45, 2.75) is 32.2 Å². The van der Waals surface area contributed by atoms with E-state index in [-0.39, 0.29) is 0 Å². The minimum atomic E-state index is 0.538. The minimum absolute atomic E-state index is 0.538. The zero-order valence-electron chi connectivity index (χ0n) is 9.39. The van der Waals surface area contributed by atoms with Crippen molar-refractivity contribution in [2.75, 3.05) is 7.05 Å². The molecule has 15 heavy (non-hydrogen) atoms. The first-order chi connectivity index (χ1) is 7.22. The average molecular weight is 268 g/mol. The van der Waals surface area contributed by atoms with E-state index >= 15 is 0 Å². The summed E-state index contributed by atoms with van der Waals surface area (Å²) in [6.07, 6.45) is 4.14. The first kappa shape index (κ1) is 11.2. The molecule has 1 nitrogen and oxygen atoms in total. The third kappa shape index (κ3) is 2.26. The molecule has 82 valence electrons. The highest BCUT2D eigenvalue weighted by Gasteiger charge is 2.28. The molecule has 1 aliphatic rings. The molecule has 1 aromatic carbocycles. The molecule has 0 heterocycles. The predicted octanol–water partition coefficient (Wildman–Crippen LogP) is 3.82. The summed E-state index contributed by atoms with van der Waals surface area (Å²) in [5.74, 6) is 0.836. The number of hydrogen-bond acceptors (Lipinski definition) is 1. The van der Waals surface area contributed by atoms with Crippen LogP contribution >= 0.6 is 15.9 Å². The lowest BCUT2D eigenvalue weighted by Crippen LogP contribution is -2.30. The standard InChI is InChI=1S/C13H18BrN/c1-9-6-7-11(14)8-12(9)13(15-2)10-4-3-5-10/h6-8,10,13,15H,3-5H2,1-2H3. The summed E-state index contributed by atoms with van der Waals surface area (Å²) in [7, 11) is 2.07. The maximum Gasteiger partial charge on any atom is 0.0349 e. The lowest BCUT2D eigenvalue weighted by Gasteiger charge is -2.34. The Bertz CT molecular complexity index is 344. The predicted molar refractivity (Wildman–Crippen MR) is 68.0 cm³/mol. The van der Waals surface area contributed by atoms with Gasteiger partial charge in [0.25, 0.3) is 0 Å². The SMILES string of the molecule is CNC(c1cc(Br)ccc1C)C1CCC1. The van der Waals surface area contributed by atoms with E-state index in [1.807, 2.05) is 0 Å². The van der Waals surface area contributed by atoms with Crippen molar-refractivity contribution in [3.05, 3.63) is 33.8 Å². The summed E-state index contributed by atoms with van der Waals surface area (Å²) < 4.78 is 1.18. The first-order valence-corrected chi connectivity index (χ1v) is 6.45. The Balaban J connectivity index is 2.28. The molecule has 2 heteroatoms. The Morgan fingerprint density at radius 1 is 1.40 bits per heavy atom. The lowest BCUT2D eigenvalue weighted by atomic mass is 9.76. The van der Waals surface area contributed by atoms with Crippen LogP contribution in [0, 0.1) is 12.8 Å². The molecule has 1 aliphatic carbocycles. The van der Waals surface area contributed by atoms with Crippen LogP contribution in [0.25, 0.3) is 0 Å². The van der Waals surface area contributed by atoms with E-state index in [2.05, 4.69) is 53.4 Å². The van der Waals surface area contributed by atoms with Crippen molar-refractivity contribution in [3.63, 3.8) is 0 Å². The fourth-order valence-electron chi connectivity index (χ4n) is 2.36. The summed E-state index contributed by atoms with van der Waals surface area (Å²) in [5.41, 5.74) is 2.85. The number of aryl methyl sites for hydroxylation is 1. The van der Waals surface area contributed by atoms with Crippen LogP contribution in [0.15, 0.2) is 22.7 Å². The molecule has 1 unspecified atom stereocenters. The van der Waals surface area contributed by atoms with Gasteiger partial charge in [-0.3, -0.25) is 0 Å². The Hall–Kier alpha value is -0.340. The number of benzene rings is 1. The van der Waals surface area contributed by atoms with Crippen LogP contribution in [0.2, 0.25) is 0 Å². The molecule has 0 saturated heterocycles. The Morgan fingerprint density at radius 2 is 2.13 bits per heavy atom. The van der Waals surface area contributed by atoms with Gasteiger partial charge in [-0.15, -0.1) is 0 Å². The number of halogens is 1. The minimum Gasteiger partial charge on any atom is -0.313 e. The Kier molecular flexibility index (Phi) is 3.47. The molecule has 2 rings (SSSR count). The molecule has 1 fully saturated rings. The topological polar surface area (TPSA) is 12.0 Å². The molecule has 1 saturated carbocycles. The second-order valence-corrected chi connectivity index (χ2v) is 5.37. The lowest BCUT2D eigenvalue weighted by molar-refractivity contribution is 0.239. The van der Waals surface area contributed by atoms with Gasteiger partial charge in [0, 0.05) is 10.5 Å². The monoisotopic (exact) mass is 267 g/mol. The number of hydrogen-bond donors (Lipinski definition) is 1. The van der Waals surface area contributed by atoms with Crippen molar-refractivity contribution in [2.24, 2.45) is 5.92 Å². The van der Waals surface area contributed by atoms with Crippen LogP contribution in [0.5, 0.6) is 0 Å². The van der Waals surface area contributed by atoms with Gasteiger partial charge in [-0.25, -0.2) is 0 Å². The molecule has 0 bridgehead atoms. The molecule has 0 aromatic heterocycles. The van der Waals surface area contributed by atoms with Gasteiger partial charge in [0.15, 0.2) is 0 Å². The maximum absolute atomic E-state index is 3.56. The van der Waals surface area contributed by atoms with E-state index in [0.29, 0.717) is 6.04 Å². The molecule has 0 amide bonds. The highest BCUT2D eigenvalue weighted by Crippen LogP contribution is 2.39. The zero-order chi connectivity index (χ0) is 10.8. The van der Waals surface area contributed by atoms with Gasteiger partial charge in [0.1, 0.15) is 0 Å². The summed E-state index contributed by atoms with van der Waals surface area (Å²) in [6.45, 7) is 2.20. The average Bonchev–Trinajstić information content (AvgIpc) is 2.15. The largest absolute Gasteiger partial charge is 0.313 e. The van der Waals surface area contributed by atoms with Gasteiger partial charge in [0.05, 0.1) is 0 Å². The third-order valence-electron chi connectivity index (χ3n) is 3.51. The fourth-order valence-corrected chi connectivity index (χ4v) is 2.74. The maximum atomic E-state index is 3.56. The summed E-state index contributed by atoms with van der Waals surface area (Å²) >= 11 is 3.56. The van der Waals surface area contributed by atoms with Crippen molar-refractivity contribution in [3.8, 4) is 0 Å². The molecular weight excluding hydrogens is 250 g/mol. The van der Waals surface area contributed by atoms with Crippen LogP contribution in [0.3, 0.4) is 0 Å². The second kappa shape index (κ2) is 4.67. The van der Waals surface area contributed by atoms with E-state index in [1.165, 1.54) is 34.9 Å². The van der Waals surface area contributed by atoms with Crippen LogP contribution < -0.4 is 5.32 Å². The van der Waals surface area contributed by atoms with Gasteiger partial charge in [-0.1, -0.05) is 28.4 Å². The first-order valence-electron chi connectivity index (χ1n) is 5.65. The summed E-state index contributed by atoms with van der Waals surface area (Å²) in [6, 6.07) is 7.11. The van der Waals surface area contributed by atoms with Crippen molar-refractivity contribution >= 4 is 15.9 Å². The molecular formula is C13H18BrN. The van der Waals surface area contributed by atoms with Crippen LogP contribution in [0.1, 0.15) is 36.4 Å². The molecule has 1 atom stereocenters. The highest BCUT2D eigenvalue weighted by molar-refractivity contribution is 9.10. The zero-order valence-corrected chi connectivity index (χ0v) is 11.0. The van der Waals surface area contributed by atoms with E-state index in [0.717, 1.165) is 5.92 Å². The Morgan fingerprint density at radius 3 is 2.67 bits per heavy atom. The van der Waals surface area contributed by atoms with Crippen LogP contribution in [-0.4, -0.2) is 7.05 Å². The number of rotatable bonds is 3. The van der Waals surface area contributed by atoms with Gasteiger partial charge in [0.2, 0.25) is 0 Å². The molecule has 1 aromatic rings. The van der Waals surface area contributed by atoms with Crippen molar-refractivity contribution in [1.82, 2.24) is 5.32 Å². The quantitative estimate of drug-likeness (QED) is 0.878.